The zero-order chi connectivity index (χ0) is 27.3. The third-order valence-corrected chi connectivity index (χ3v) is 7.98. The average molecular weight is 526 g/mol. The number of hydrogen-bond donors (Lipinski definition) is 1. The lowest BCUT2D eigenvalue weighted by Gasteiger charge is -2.32. The number of amides is 2. The Morgan fingerprint density at radius 3 is 2.11 bits per heavy atom. The highest BCUT2D eigenvalue weighted by Crippen LogP contribution is 2.28. The largest absolute Gasteiger partial charge is 0.357 e. The van der Waals surface area contributed by atoms with Crippen molar-refractivity contribution >= 4 is 27.5 Å². The Hall–Kier alpha value is -3.72. The molecule has 0 heterocycles. The van der Waals surface area contributed by atoms with E-state index in [0.29, 0.717) is 16.8 Å². The van der Waals surface area contributed by atoms with Gasteiger partial charge in [0.05, 0.1) is 10.6 Å². The van der Waals surface area contributed by atoms with Gasteiger partial charge in [0.15, 0.2) is 0 Å². The maximum atomic E-state index is 13.9. The number of likely N-dealkylation sites (N-methyl/N-ethyl adjacent to an activating group) is 1. The second-order valence-electron chi connectivity index (χ2n) is 9.05. The number of nitrogens with zero attached hydrogens (tertiary/aromatic N) is 2. The van der Waals surface area contributed by atoms with Crippen LogP contribution in [0.1, 0.15) is 29.2 Å². The molecule has 7 nitrogen and oxygen atoms in total. The van der Waals surface area contributed by atoms with E-state index < -0.39 is 40.2 Å². The fourth-order valence-corrected chi connectivity index (χ4v) is 5.39. The molecule has 0 aliphatic carbocycles. The molecule has 3 aromatic rings. The number of benzene rings is 3. The number of halogens is 1. The van der Waals surface area contributed by atoms with Crippen LogP contribution < -0.4 is 9.62 Å². The van der Waals surface area contributed by atoms with Crippen LogP contribution in [-0.2, 0) is 26.2 Å². The molecule has 0 unspecified atom stereocenters. The molecule has 0 saturated heterocycles. The van der Waals surface area contributed by atoms with Crippen molar-refractivity contribution in [2.75, 3.05) is 17.9 Å². The number of aryl methyl sites for hydroxylation is 3. The molecular weight excluding hydrogens is 493 g/mol. The molecule has 0 aliphatic rings. The fourth-order valence-electron chi connectivity index (χ4n) is 3.92. The van der Waals surface area contributed by atoms with Crippen LogP contribution in [-0.4, -0.2) is 44.8 Å². The second-order valence-corrected chi connectivity index (χ2v) is 10.9. The first-order valence-corrected chi connectivity index (χ1v) is 13.3. The number of anilines is 1. The van der Waals surface area contributed by atoms with Gasteiger partial charge in [-0.25, -0.2) is 12.8 Å². The number of carbonyl (C=O) groups excluding carboxylic acids is 2. The van der Waals surface area contributed by atoms with Crippen molar-refractivity contribution in [1.82, 2.24) is 10.2 Å². The van der Waals surface area contributed by atoms with Gasteiger partial charge in [0.2, 0.25) is 11.8 Å². The highest BCUT2D eigenvalue weighted by atomic mass is 32.2. The summed E-state index contributed by atoms with van der Waals surface area (Å²) in [6.45, 7) is 6.52. The third-order valence-electron chi connectivity index (χ3n) is 6.20. The van der Waals surface area contributed by atoms with Crippen molar-refractivity contribution in [3.63, 3.8) is 0 Å². The molecule has 0 aromatic heterocycles. The maximum Gasteiger partial charge on any atom is 0.264 e. The summed E-state index contributed by atoms with van der Waals surface area (Å²) < 4.78 is 42.3. The maximum absolute atomic E-state index is 13.9. The molecule has 0 radical (unpaired) electrons. The van der Waals surface area contributed by atoms with Crippen LogP contribution in [0.25, 0.3) is 0 Å². The highest BCUT2D eigenvalue weighted by Gasteiger charge is 2.33. The Balaban J connectivity index is 2.07. The van der Waals surface area contributed by atoms with Crippen LogP contribution in [0, 0.1) is 26.6 Å². The topological polar surface area (TPSA) is 86.8 Å². The number of rotatable bonds is 9. The molecule has 1 N–H and O–H groups in total. The molecule has 0 aliphatic heterocycles. The average Bonchev–Trinajstić information content (AvgIpc) is 2.87. The summed E-state index contributed by atoms with van der Waals surface area (Å²) in [6, 6.07) is 16.5. The van der Waals surface area contributed by atoms with Crippen LogP contribution in [0.3, 0.4) is 0 Å². The van der Waals surface area contributed by atoms with Crippen molar-refractivity contribution in [1.29, 1.82) is 0 Å². The summed E-state index contributed by atoms with van der Waals surface area (Å²) in [6.07, 6.45) is 0. The molecular formula is C28H32FN3O4S. The molecule has 196 valence electrons. The van der Waals surface area contributed by atoms with E-state index in [1.165, 1.54) is 48.3 Å². The van der Waals surface area contributed by atoms with Crippen molar-refractivity contribution < 1.29 is 22.4 Å². The van der Waals surface area contributed by atoms with E-state index >= 15 is 0 Å². The monoisotopic (exact) mass is 525 g/mol. The molecule has 0 fully saturated rings. The van der Waals surface area contributed by atoms with E-state index in [1.54, 1.807) is 38.1 Å². The summed E-state index contributed by atoms with van der Waals surface area (Å²) in [5.74, 6) is -1.40. The van der Waals surface area contributed by atoms with Crippen molar-refractivity contribution in [2.24, 2.45) is 0 Å². The minimum absolute atomic E-state index is 0.00107. The van der Waals surface area contributed by atoms with Crippen molar-refractivity contribution in [3.8, 4) is 0 Å². The Labute approximate surface area is 218 Å². The molecule has 0 saturated carbocycles. The Morgan fingerprint density at radius 2 is 1.51 bits per heavy atom. The van der Waals surface area contributed by atoms with Gasteiger partial charge in [0.25, 0.3) is 10.0 Å². The van der Waals surface area contributed by atoms with E-state index in [2.05, 4.69) is 5.32 Å². The minimum Gasteiger partial charge on any atom is -0.357 e. The van der Waals surface area contributed by atoms with Crippen molar-refractivity contribution in [2.45, 2.75) is 45.2 Å². The fraction of sp³-hybridized carbons (Fsp3) is 0.286. The Bertz CT molecular complexity index is 1370. The molecule has 0 spiro atoms. The van der Waals surface area contributed by atoms with Gasteiger partial charge in [-0.15, -0.1) is 0 Å². The molecule has 3 aromatic carbocycles. The van der Waals surface area contributed by atoms with Gasteiger partial charge in [-0.05, 0) is 74.7 Å². The second kappa shape index (κ2) is 11.6. The minimum atomic E-state index is -4.13. The zero-order valence-corrected chi connectivity index (χ0v) is 22.5. The molecule has 37 heavy (non-hydrogen) atoms. The Morgan fingerprint density at radius 1 is 0.919 bits per heavy atom. The molecule has 1 atom stereocenters. The van der Waals surface area contributed by atoms with E-state index in [1.807, 2.05) is 19.9 Å². The number of carbonyl (C=O) groups is 2. The van der Waals surface area contributed by atoms with E-state index in [-0.39, 0.29) is 11.4 Å². The number of nitrogens with one attached hydrogen (secondary N) is 1. The molecule has 9 heteroatoms. The van der Waals surface area contributed by atoms with Crippen LogP contribution in [0.15, 0.2) is 71.6 Å². The van der Waals surface area contributed by atoms with E-state index in [0.717, 1.165) is 15.4 Å². The van der Waals surface area contributed by atoms with Gasteiger partial charge in [-0.2, -0.15) is 0 Å². The predicted octanol–water partition coefficient (Wildman–Crippen LogP) is 4.11. The SMILES string of the molecule is CNC(=O)[C@H](C)N(Cc1ccc(F)cc1)C(=O)CN(c1cc(C)ccc1C)S(=O)(=O)c1ccc(C)cc1. The lowest BCUT2D eigenvalue weighted by molar-refractivity contribution is -0.139. The van der Waals surface area contributed by atoms with E-state index in [4.69, 9.17) is 0 Å². The van der Waals surface area contributed by atoms with E-state index in [9.17, 15) is 22.4 Å². The summed E-state index contributed by atoms with van der Waals surface area (Å²) in [5.41, 5.74) is 3.39. The first-order valence-electron chi connectivity index (χ1n) is 11.9. The zero-order valence-electron chi connectivity index (χ0n) is 21.7. The van der Waals surface area contributed by atoms with Gasteiger partial charge in [0.1, 0.15) is 18.4 Å². The van der Waals surface area contributed by atoms with Gasteiger partial charge in [-0.1, -0.05) is 42.0 Å². The van der Waals surface area contributed by atoms with Crippen LogP contribution >= 0.6 is 0 Å². The smallest absolute Gasteiger partial charge is 0.264 e. The van der Waals surface area contributed by atoms with Gasteiger partial charge >= 0.3 is 0 Å². The lowest BCUT2D eigenvalue weighted by atomic mass is 10.1. The predicted molar refractivity (Wildman–Crippen MR) is 142 cm³/mol. The summed E-state index contributed by atoms with van der Waals surface area (Å²) in [7, 11) is -2.67. The first-order chi connectivity index (χ1) is 17.4. The van der Waals surface area contributed by atoms with Gasteiger partial charge in [-0.3, -0.25) is 13.9 Å². The van der Waals surface area contributed by atoms with Crippen molar-refractivity contribution in [3.05, 3.63) is 94.8 Å². The summed E-state index contributed by atoms with van der Waals surface area (Å²) in [4.78, 5) is 27.6. The summed E-state index contributed by atoms with van der Waals surface area (Å²) >= 11 is 0. The Kier molecular flexibility index (Phi) is 8.70. The molecule has 3 rings (SSSR count). The summed E-state index contributed by atoms with van der Waals surface area (Å²) in [5, 5.41) is 2.53. The van der Waals surface area contributed by atoms with Crippen LogP contribution in [0.4, 0.5) is 10.1 Å². The molecule has 0 bridgehead atoms. The quantitative estimate of drug-likeness (QED) is 0.456. The lowest BCUT2D eigenvalue weighted by Crippen LogP contribution is -2.50. The normalized spacial score (nSPS) is 12.1. The van der Waals surface area contributed by atoms with Gasteiger partial charge in [0, 0.05) is 13.6 Å². The highest BCUT2D eigenvalue weighted by molar-refractivity contribution is 7.92. The van der Waals surface area contributed by atoms with Crippen LogP contribution in [0.5, 0.6) is 0 Å². The standard InChI is InChI=1S/C28H32FN3O4S/c1-19-7-14-25(15-8-19)37(35,36)32(26-16-20(2)6-9-21(26)3)18-27(33)31(22(4)28(34)30-5)17-23-10-12-24(29)13-11-23/h6-16,22H,17-18H2,1-5H3,(H,30,34)/t22-/m0/s1. The number of sulfonamides is 1. The third kappa shape index (κ3) is 6.54. The molecule has 2 amide bonds. The van der Waals surface area contributed by atoms with Gasteiger partial charge < -0.3 is 10.2 Å². The number of hydrogen-bond acceptors (Lipinski definition) is 4. The van der Waals surface area contributed by atoms with Crippen LogP contribution in [0.2, 0.25) is 0 Å². The first kappa shape index (κ1) is 27.9.